The molecule has 4 rings (SSSR count). The van der Waals surface area contributed by atoms with Gasteiger partial charge in [-0.3, -0.25) is 0 Å². The standard InChI is InChI=1S/C15H15F2NO2/c16-15(17)19-13-4-3-12(7-14(13)20-15)18-8-11-6-9-1-2-10(11)5-9/h1-4,7,9-11,18H,5-6,8H2. The maximum atomic E-state index is 12.9. The SMILES string of the molecule is FC1(F)Oc2ccc(NCC3CC4C=CC3C4)cc2O1. The second-order valence-corrected chi connectivity index (χ2v) is 5.75. The number of alkyl halides is 2. The second-order valence-electron chi connectivity index (χ2n) is 5.75. The Morgan fingerprint density at radius 2 is 2.00 bits per heavy atom. The van der Waals surface area contributed by atoms with Crippen LogP contribution < -0.4 is 14.8 Å². The molecule has 1 aromatic rings. The van der Waals surface area contributed by atoms with Crippen molar-refractivity contribution in [1.82, 2.24) is 0 Å². The monoisotopic (exact) mass is 279 g/mol. The Labute approximate surface area is 115 Å². The van der Waals surface area contributed by atoms with Crippen LogP contribution >= 0.6 is 0 Å². The van der Waals surface area contributed by atoms with Gasteiger partial charge in [0.2, 0.25) is 0 Å². The molecule has 2 bridgehead atoms. The number of benzene rings is 1. The van der Waals surface area contributed by atoms with Gasteiger partial charge in [-0.05, 0) is 42.7 Å². The van der Waals surface area contributed by atoms with Crippen LogP contribution in [-0.2, 0) is 0 Å². The lowest BCUT2D eigenvalue weighted by Gasteiger charge is -2.19. The summed E-state index contributed by atoms with van der Waals surface area (Å²) in [5.74, 6) is 2.22. The summed E-state index contributed by atoms with van der Waals surface area (Å²) >= 11 is 0. The maximum absolute atomic E-state index is 12.9. The van der Waals surface area contributed by atoms with Gasteiger partial charge >= 0.3 is 6.29 Å². The van der Waals surface area contributed by atoms with E-state index in [1.807, 2.05) is 0 Å². The quantitative estimate of drug-likeness (QED) is 0.857. The van der Waals surface area contributed by atoms with E-state index in [9.17, 15) is 8.78 Å². The first-order valence-electron chi connectivity index (χ1n) is 6.91. The fraction of sp³-hybridized carbons (Fsp3) is 0.467. The van der Waals surface area contributed by atoms with E-state index in [1.165, 1.54) is 18.9 Å². The van der Waals surface area contributed by atoms with Crippen LogP contribution in [0.3, 0.4) is 0 Å². The molecule has 5 heteroatoms. The summed E-state index contributed by atoms with van der Waals surface area (Å²) in [4.78, 5) is 0. The second kappa shape index (κ2) is 4.11. The van der Waals surface area contributed by atoms with Gasteiger partial charge in [0.1, 0.15) is 0 Å². The first kappa shape index (κ1) is 12.0. The molecule has 1 saturated carbocycles. The molecule has 1 fully saturated rings. The molecule has 1 aromatic carbocycles. The van der Waals surface area contributed by atoms with Crippen molar-refractivity contribution in [2.24, 2.45) is 17.8 Å². The van der Waals surface area contributed by atoms with Gasteiger partial charge < -0.3 is 14.8 Å². The van der Waals surface area contributed by atoms with Crippen LogP contribution in [0.4, 0.5) is 14.5 Å². The Kier molecular flexibility index (Phi) is 2.46. The molecule has 0 saturated heterocycles. The molecule has 1 N–H and O–H groups in total. The number of allylic oxidation sites excluding steroid dienone is 2. The average molecular weight is 279 g/mol. The van der Waals surface area contributed by atoms with Gasteiger partial charge in [-0.1, -0.05) is 12.2 Å². The summed E-state index contributed by atoms with van der Waals surface area (Å²) in [7, 11) is 0. The first-order chi connectivity index (χ1) is 9.59. The van der Waals surface area contributed by atoms with Crippen LogP contribution in [0.25, 0.3) is 0 Å². The fourth-order valence-corrected chi connectivity index (χ4v) is 3.44. The van der Waals surface area contributed by atoms with Crippen molar-refractivity contribution in [2.45, 2.75) is 19.1 Å². The largest absolute Gasteiger partial charge is 0.586 e. The third-order valence-electron chi connectivity index (χ3n) is 4.39. The lowest BCUT2D eigenvalue weighted by molar-refractivity contribution is -0.286. The molecule has 3 atom stereocenters. The number of halogens is 2. The molecule has 106 valence electrons. The predicted molar refractivity (Wildman–Crippen MR) is 70.0 cm³/mol. The van der Waals surface area contributed by atoms with Crippen LogP contribution in [0.5, 0.6) is 11.5 Å². The minimum atomic E-state index is -3.55. The van der Waals surface area contributed by atoms with Crippen molar-refractivity contribution in [2.75, 3.05) is 11.9 Å². The molecule has 0 radical (unpaired) electrons. The van der Waals surface area contributed by atoms with Crippen molar-refractivity contribution in [3.8, 4) is 11.5 Å². The van der Waals surface area contributed by atoms with E-state index in [2.05, 4.69) is 26.9 Å². The van der Waals surface area contributed by atoms with E-state index in [-0.39, 0.29) is 11.5 Å². The minimum absolute atomic E-state index is 0.0865. The summed E-state index contributed by atoms with van der Waals surface area (Å²) in [5, 5.41) is 3.31. The lowest BCUT2D eigenvalue weighted by Crippen LogP contribution is -2.25. The zero-order valence-corrected chi connectivity index (χ0v) is 10.8. The predicted octanol–water partition coefficient (Wildman–Crippen LogP) is 3.63. The Morgan fingerprint density at radius 3 is 2.75 bits per heavy atom. The Balaban J connectivity index is 1.42. The Bertz CT molecular complexity index is 573. The zero-order valence-electron chi connectivity index (χ0n) is 10.8. The van der Waals surface area contributed by atoms with E-state index in [0.29, 0.717) is 11.8 Å². The highest BCUT2D eigenvalue weighted by Crippen LogP contribution is 2.44. The third-order valence-corrected chi connectivity index (χ3v) is 4.39. The fourth-order valence-electron chi connectivity index (χ4n) is 3.44. The molecule has 20 heavy (non-hydrogen) atoms. The van der Waals surface area contributed by atoms with E-state index >= 15 is 0 Å². The van der Waals surface area contributed by atoms with Crippen molar-refractivity contribution in [3.63, 3.8) is 0 Å². The molecule has 0 amide bonds. The number of nitrogens with one attached hydrogen (secondary N) is 1. The Hall–Kier alpha value is -1.78. The molecular weight excluding hydrogens is 264 g/mol. The zero-order chi connectivity index (χ0) is 13.7. The number of hydrogen-bond acceptors (Lipinski definition) is 3. The summed E-state index contributed by atoms with van der Waals surface area (Å²) in [6.45, 7) is 0.863. The lowest BCUT2D eigenvalue weighted by atomic mass is 9.93. The Morgan fingerprint density at radius 1 is 1.15 bits per heavy atom. The summed E-state index contributed by atoms with van der Waals surface area (Å²) in [5.41, 5.74) is 0.789. The molecule has 2 aliphatic carbocycles. The van der Waals surface area contributed by atoms with Gasteiger partial charge in [-0.2, -0.15) is 0 Å². The van der Waals surface area contributed by atoms with Crippen LogP contribution in [0, 0.1) is 17.8 Å². The topological polar surface area (TPSA) is 30.5 Å². The van der Waals surface area contributed by atoms with Crippen LogP contribution in [0.2, 0.25) is 0 Å². The number of fused-ring (bicyclic) bond motifs is 3. The number of anilines is 1. The summed E-state index contributed by atoms with van der Waals surface area (Å²) < 4.78 is 34.7. The van der Waals surface area contributed by atoms with Crippen LogP contribution in [-0.4, -0.2) is 12.8 Å². The van der Waals surface area contributed by atoms with Crippen LogP contribution in [0.15, 0.2) is 30.4 Å². The van der Waals surface area contributed by atoms with E-state index in [1.54, 1.807) is 12.1 Å². The van der Waals surface area contributed by atoms with E-state index in [4.69, 9.17) is 0 Å². The molecule has 1 heterocycles. The van der Waals surface area contributed by atoms with Gasteiger partial charge in [-0.15, -0.1) is 8.78 Å². The van der Waals surface area contributed by atoms with Gasteiger partial charge in [0, 0.05) is 18.3 Å². The summed E-state index contributed by atoms with van der Waals surface area (Å²) in [6, 6.07) is 4.82. The molecule has 3 aliphatic rings. The van der Waals surface area contributed by atoms with Crippen molar-refractivity contribution < 1.29 is 18.3 Å². The number of ether oxygens (including phenoxy) is 2. The molecular formula is C15H15F2NO2. The molecule has 0 spiro atoms. The molecule has 3 nitrogen and oxygen atoms in total. The normalized spacial score (nSPS) is 31.8. The summed E-state index contributed by atoms with van der Waals surface area (Å²) in [6.07, 6.45) is 3.55. The smallest absolute Gasteiger partial charge is 0.395 e. The van der Waals surface area contributed by atoms with Gasteiger partial charge in [-0.25, -0.2) is 0 Å². The first-order valence-corrected chi connectivity index (χ1v) is 6.91. The van der Waals surface area contributed by atoms with Crippen molar-refractivity contribution in [3.05, 3.63) is 30.4 Å². The highest BCUT2D eigenvalue weighted by Gasteiger charge is 2.43. The number of rotatable bonds is 3. The van der Waals surface area contributed by atoms with E-state index < -0.39 is 6.29 Å². The average Bonchev–Trinajstić information content (AvgIpc) is 3.06. The van der Waals surface area contributed by atoms with Crippen molar-refractivity contribution >= 4 is 5.69 Å². The van der Waals surface area contributed by atoms with Gasteiger partial charge in [0.15, 0.2) is 11.5 Å². The highest BCUT2D eigenvalue weighted by atomic mass is 19.3. The maximum Gasteiger partial charge on any atom is 0.586 e. The molecule has 1 aliphatic heterocycles. The minimum Gasteiger partial charge on any atom is -0.395 e. The molecule has 3 unspecified atom stereocenters. The third kappa shape index (κ3) is 2.01. The van der Waals surface area contributed by atoms with Gasteiger partial charge in [0.25, 0.3) is 0 Å². The van der Waals surface area contributed by atoms with E-state index in [0.717, 1.165) is 18.2 Å². The highest BCUT2D eigenvalue weighted by molar-refractivity contribution is 5.56. The number of hydrogen-bond donors (Lipinski definition) is 1. The van der Waals surface area contributed by atoms with Crippen LogP contribution in [0.1, 0.15) is 12.8 Å². The molecule has 0 aromatic heterocycles. The van der Waals surface area contributed by atoms with Crippen molar-refractivity contribution in [1.29, 1.82) is 0 Å². The van der Waals surface area contributed by atoms with Gasteiger partial charge in [0.05, 0.1) is 0 Å².